The zero-order valence-corrected chi connectivity index (χ0v) is 13.1. The van der Waals surface area contributed by atoms with Gasteiger partial charge in [-0.15, -0.1) is 0 Å². The normalized spacial score (nSPS) is 19.9. The summed E-state index contributed by atoms with van der Waals surface area (Å²) in [6.45, 7) is 1.77. The van der Waals surface area contributed by atoms with Crippen molar-refractivity contribution in [2.45, 2.75) is 56.4 Å². The highest BCUT2D eigenvalue weighted by Gasteiger charge is 2.31. The summed E-state index contributed by atoms with van der Waals surface area (Å²) in [5.74, 6) is 0.179. The molecule has 2 saturated carbocycles. The molecule has 1 N–H and O–H groups in total. The lowest BCUT2D eigenvalue weighted by Gasteiger charge is -2.15. The van der Waals surface area contributed by atoms with Gasteiger partial charge in [0.05, 0.1) is 4.90 Å². The molecule has 2 fully saturated rings. The smallest absolute Gasteiger partial charge is 0.241 e. The van der Waals surface area contributed by atoms with E-state index in [1.807, 2.05) is 0 Å². The highest BCUT2D eigenvalue weighted by molar-refractivity contribution is 7.89. The SMILES string of the molecule is Cc1ccc(C(=O)C2CC2)cc1S(=O)(=O)NC1CCCC1. The number of hydrogen-bond donors (Lipinski definition) is 1. The monoisotopic (exact) mass is 307 g/mol. The minimum Gasteiger partial charge on any atom is -0.294 e. The summed E-state index contributed by atoms with van der Waals surface area (Å²) in [7, 11) is -3.54. The second-order valence-electron chi connectivity index (χ2n) is 6.22. The Kier molecular flexibility index (Phi) is 3.88. The molecule has 0 heterocycles. The Morgan fingerprint density at radius 1 is 1.14 bits per heavy atom. The predicted octanol–water partition coefficient (Wildman–Crippen LogP) is 2.81. The number of hydrogen-bond acceptors (Lipinski definition) is 3. The van der Waals surface area contributed by atoms with Crippen molar-refractivity contribution >= 4 is 15.8 Å². The third kappa shape index (κ3) is 3.19. The fourth-order valence-electron chi connectivity index (χ4n) is 2.95. The van der Waals surface area contributed by atoms with Crippen LogP contribution < -0.4 is 4.72 Å². The van der Waals surface area contributed by atoms with Gasteiger partial charge in [0.2, 0.25) is 10.0 Å². The van der Waals surface area contributed by atoms with Crippen LogP contribution in [0.3, 0.4) is 0 Å². The van der Waals surface area contributed by atoms with Crippen molar-refractivity contribution in [2.24, 2.45) is 5.92 Å². The van der Waals surface area contributed by atoms with E-state index >= 15 is 0 Å². The van der Waals surface area contributed by atoms with E-state index in [1.165, 1.54) is 0 Å². The molecular weight excluding hydrogens is 286 g/mol. The van der Waals surface area contributed by atoms with Crippen LogP contribution in [0.4, 0.5) is 0 Å². The maximum absolute atomic E-state index is 12.5. The van der Waals surface area contributed by atoms with E-state index in [-0.39, 0.29) is 22.6 Å². The van der Waals surface area contributed by atoms with Gasteiger partial charge in [-0.3, -0.25) is 4.79 Å². The molecule has 1 aromatic carbocycles. The van der Waals surface area contributed by atoms with Crippen molar-refractivity contribution in [3.63, 3.8) is 0 Å². The molecule has 1 aromatic rings. The number of benzene rings is 1. The Morgan fingerprint density at radius 3 is 2.43 bits per heavy atom. The van der Waals surface area contributed by atoms with Crippen LogP contribution in [0.2, 0.25) is 0 Å². The zero-order valence-electron chi connectivity index (χ0n) is 12.3. The van der Waals surface area contributed by atoms with Gasteiger partial charge in [-0.2, -0.15) is 0 Å². The van der Waals surface area contributed by atoms with E-state index in [0.29, 0.717) is 11.1 Å². The lowest BCUT2D eigenvalue weighted by atomic mass is 10.1. The van der Waals surface area contributed by atoms with Crippen molar-refractivity contribution in [3.05, 3.63) is 29.3 Å². The molecule has 0 spiro atoms. The number of Topliss-reactive ketones (excluding diaryl/α,β-unsaturated/α-hetero) is 1. The molecular formula is C16H21NO3S. The van der Waals surface area contributed by atoms with Crippen molar-refractivity contribution in [1.82, 2.24) is 4.72 Å². The van der Waals surface area contributed by atoms with Gasteiger partial charge in [-0.1, -0.05) is 25.0 Å². The van der Waals surface area contributed by atoms with E-state index in [4.69, 9.17) is 0 Å². The molecule has 0 aliphatic heterocycles. The van der Waals surface area contributed by atoms with Gasteiger partial charge in [0.15, 0.2) is 5.78 Å². The van der Waals surface area contributed by atoms with Crippen molar-refractivity contribution in [2.75, 3.05) is 0 Å². The van der Waals surface area contributed by atoms with Crippen LogP contribution in [0.5, 0.6) is 0 Å². The van der Waals surface area contributed by atoms with Crippen LogP contribution in [0.25, 0.3) is 0 Å². The van der Waals surface area contributed by atoms with Crippen LogP contribution in [0.15, 0.2) is 23.1 Å². The first-order valence-corrected chi connectivity index (χ1v) is 9.13. The van der Waals surface area contributed by atoms with Crippen LogP contribution in [0, 0.1) is 12.8 Å². The summed E-state index contributed by atoms with van der Waals surface area (Å²) in [6.07, 6.45) is 5.81. The van der Waals surface area contributed by atoms with E-state index in [2.05, 4.69) is 4.72 Å². The second kappa shape index (κ2) is 5.54. The van der Waals surface area contributed by atoms with E-state index in [0.717, 1.165) is 38.5 Å². The predicted molar refractivity (Wildman–Crippen MR) is 80.8 cm³/mol. The average Bonchev–Trinajstić information content (AvgIpc) is 3.17. The summed E-state index contributed by atoms with van der Waals surface area (Å²) in [6, 6.07) is 5.06. The zero-order chi connectivity index (χ0) is 15.0. The first kappa shape index (κ1) is 14.7. The van der Waals surface area contributed by atoms with E-state index < -0.39 is 10.0 Å². The summed E-state index contributed by atoms with van der Waals surface area (Å²) in [4.78, 5) is 12.4. The maximum Gasteiger partial charge on any atom is 0.241 e. The Hall–Kier alpha value is -1.20. The van der Waals surface area contributed by atoms with Crippen LogP contribution in [0.1, 0.15) is 54.4 Å². The molecule has 0 unspecified atom stereocenters. The third-order valence-corrected chi connectivity index (χ3v) is 6.05. The summed E-state index contributed by atoms with van der Waals surface area (Å²) >= 11 is 0. The maximum atomic E-state index is 12.5. The summed E-state index contributed by atoms with van der Waals surface area (Å²) in [5.41, 5.74) is 1.21. The molecule has 2 aliphatic carbocycles. The Labute approximate surface area is 126 Å². The first-order valence-electron chi connectivity index (χ1n) is 7.64. The lowest BCUT2D eigenvalue weighted by Crippen LogP contribution is -2.33. The molecule has 5 heteroatoms. The number of carbonyl (C=O) groups is 1. The van der Waals surface area contributed by atoms with Crippen molar-refractivity contribution in [1.29, 1.82) is 0 Å². The third-order valence-electron chi connectivity index (χ3n) is 4.39. The number of nitrogens with one attached hydrogen (secondary N) is 1. The van der Waals surface area contributed by atoms with Crippen LogP contribution in [-0.2, 0) is 10.0 Å². The van der Waals surface area contributed by atoms with Gasteiger partial charge in [-0.25, -0.2) is 13.1 Å². The standard InChI is InChI=1S/C16H21NO3S/c1-11-6-7-13(16(18)12-8-9-12)10-15(11)21(19,20)17-14-4-2-3-5-14/h6-7,10,12,14,17H,2-5,8-9H2,1H3. The fourth-order valence-corrected chi connectivity index (χ4v) is 4.53. The number of aryl methyl sites for hydroxylation is 1. The molecule has 2 aliphatic rings. The number of sulfonamides is 1. The van der Waals surface area contributed by atoms with Gasteiger partial charge < -0.3 is 0 Å². The molecule has 0 radical (unpaired) electrons. The molecule has 3 rings (SSSR count). The topological polar surface area (TPSA) is 63.2 Å². The molecule has 0 saturated heterocycles. The molecule has 0 aromatic heterocycles. The van der Waals surface area contributed by atoms with Gasteiger partial charge in [-0.05, 0) is 44.2 Å². The quantitative estimate of drug-likeness (QED) is 0.851. The molecule has 0 atom stereocenters. The average molecular weight is 307 g/mol. The second-order valence-corrected chi connectivity index (χ2v) is 7.90. The molecule has 21 heavy (non-hydrogen) atoms. The fraction of sp³-hybridized carbons (Fsp3) is 0.562. The van der Waals surface area contributed by atoms with Crippen molar-refractivity contribution in [3.8, 4) is 0 Å². The summed E-state index contributed by atoms with van der Waals surface area (Å²) in [5, 5.41) is 0. The Morgan fingerprint density at radius 2 is 1.81 bits per heavy atom. The minimum atomic E-state index is -3.54. The lowest BCUT2D eigenvalue weighted by molar-refractivity contribution is 0.0967. The number of rotatable bonds is 5. The van der Waals surface area contributed by atoms with Crippen molar-refractivity contribution < 1.29 is 13.2 Å². The minimum absolute atomic E-state index is 0.0391. The van der Waals surface area contributed by atoms with Gasteiger partial charge >= 0.3 is 0 Å². The molecule has 4 nitrogen and oxygen atoms in total. The molecule has 114 valence electrons. The highest BCUT2D eigenvalue weighted by atomic mass is 32.2. The summed E-state index contributed by atoms with van der Waals surface area (Å²) < 4.78 is 27.9. The van der Waals surface area contributed by atoms with Gasteiger partial charge in [0.25, 0.3) is 0 Å². The number of carbonyl (C=O) groups excluding carboxylic acids is 1. The molecule has 0 amide bonds. The Balaban J connectivity index is 1.88. The Bertz CT molecular complexity index is 656. The first-order chi connectivity index (χ1) is 9.97. The van der Waals surface area contributed by atoms with E-state index in [9.17, 15) is 13.2 Å². The number of ketones is 1. The van der Waals surface area contributed by atoms with Gasteiger partial charge in [0, 0.05) is 17.5 Å². The van der Waals surface area contributed by atoms with Crippen LogP contribution >= 0.6 is 0 Å². The largest absolute Gasteiger partial charge is 0.294 e. The van der Waals surface area contributed by atoms with Crippen LogP contribution in [-0.4, -0.2) is 20.2 Å². The van der Waals surface area contributed by atoms with Gasteiger partial charge in [0.1, 0.15) is 0 Å². The molecule has 0 bridgehead atoms. The van der Waals surface area contributed by atoms with E-state index in [1.54, 1.807) is 25.1 Å². The highest BCUT2D eigenvalue weighted by Crippen LogP contribution is 2.33.